The van der Waals surface area contributed by atoms with Gasteiger partial charge in [0.15, 0.2) is 11.5 Å². The van der Waals surface area contributed by atoms with Crippen molar-refractivity contribution in [2.75, 3.05) is 39.5 Å². The van der Waals surface area contributed by atoms with Gasteiger partial charge in [0.2, 0.25) is 5.91 Å². The van der Waals surface area contributed by atoms with E-state index in [1.165, 1.54) is 13.2 Å². The fraction of sp³-hybridized carbons (Fsp3) is 0.400. The normalized spacial score (nSPS) is 19.2. The van der Waals surface area contributed by atoms with Crippen LogP contribution >= 0.6 is 0 Å². The first kappa shape index (κ1) is 27.5. The van der Waals surface area contributed by atoms with E-state index in [9.17, 15) is 14.7 Å². The van der Waals surface area contributed by atoms with E-state index >= 15 is 0 Å². The van der Waals surface area contributed by atoms with Crippen LogP contribution in [-0.4, -0.2) is 61.4 Å². The van der Waals surface area contributed by atoms with E-state index in [4.69, 9.17) is 22.7 Å². The first-order valence-corrected chi connectivity index (χ1v) is 13.5. The van der Waals surface area contributed by atoms with Gasteiger partial charge >= 0.3 is 5.63 Å². The lowest BCUT2D eigenvalue weighted by molar-refractivity contribution is -0.138. The van der Waals surface area contributed by atoms with Gasteiger partial charge < -0.3 is 38.0 Å². The minimum absolute atomic E-state index is 0.0438. The Morgan fingerprint density at radius 1 is 1.15 bits per heavy atom. The molecule has 5 heterocycles. The largest absolute Gasteiger partial charge is 0.507 e. The summed E-state index contributed by atoms with van der Waals surface area (Å²) < 4.78 is 26.9. The minimum Gasteiger partial charge on any atom is -0.507 e. The molecule has 2 fully saturated rings. The highest BCUT2D eigenvalue weighted by atomic mass is 16.5. The van der Waals surface area contributed by atoms with Gasteiger partial charge in [0.1, 0.15) is 23.1 Å². The number of fused-ring (bicyclic) bond motifs is 1. The topological polar surface area (TPSA) is 128 Å². The average Bonchev–Trinajstić information content (AvgIpc) is 3.70. The van der Waals surface area contributed by atoms with Gasteiger partial charge in [0, 0.05) is 36.5 Å². The second-order valence-corrected chi connectivity index (χ2v) is 10.1. The zero-order valence-electron chi connectivity index (χ0n) is 22.7. The number of hydrogen-bond acceptors (Lipinski definition) is 9. The number of nitrogens with one attached hydrogen (secondary N) is 1. The number of furan rings is 2. The van der Waals surface area contributed by atoms with Crippen molar-refractivity contribution in [3.05, 3.63) is 70.5 Å². The summed E-state index contributed by atoms with van der Waals surface area (Å²) in [5.74, 6) is 2.02. The van der Waals surface area contributed by atoms with Crippen LogP contribution in [0.4, 0.5) is 0 Å². The zero-order chi connectivity index (χ0) is 28.1. The lowest BCUT2D eigenvalue weighted by Crippen LogP contribution is -2.54. The molecule has 40 heavy (non-hydrogen) atoms. The van der Waals surface area contributed by atoms with Crippen molar-refractivity contribution in [3.63, 3.8) is 0 Å². The van der Waals surface area contributed by atoms with E-state index in [1.54, 1.807) is 25.3 Å². The molecule has 10 nitrogen and oxygen atoms in total. The molecule has 2 aliphatic heterocycles. The first-order chi connectivity index (χ1) is 19.4. The summed E-state index contributed by atoms with van der Waals surface area (Å²) in [4.78, 5) is 25.9. The van der Waals surface area contributed by atoms with E-state index in [-0.39, 0.29) is 29.0 Å². The van der Waals surface area contributed by atoms with Gasteiger partial charge in [-0.05, 0) is 63.1 Å². The maximum absolute atomic E-state index is 12.6. The van der Waals surface area contributed by atoms with Crippen LogP contribution in [-0.2, 0) is 9.53 Å². The molecule has 0 bridgehead atoms. The number of carbonyl (C=O) groups is 1. The first-order valence-electron chi connectivity index (χ1n) is 13.5. The SMILES string of the molecule is Cc1c(-c2ccco2)oc(=O)c(C)c1O.O=C(C1COCCN1)N1CCCC(COc2ccc3occc3c2)C1. The molecule has 2 unspecified atom stereocenters. The maximum Gasteiger partial charge on any atom is 0.343 e. The summed E-state index contributed by atoms with van der Waals surface area (Å²) in [5.41, 5.74) is 1.03. The monoisotopic (exact) mass is 550 g/mol. The third kappa shape index (κ3) is 6.24. The number of ether oxygens (including phenoxy) is 2. The van der Waals surface area contributed by atoms with E-state index in [1.807, 2.05) is 29.2 Å². The average molecular weight is 551 g/mol. The molecule has 1 amide bonds. The molecule has 212 valence electrons. The Morgan fingerprint density at radius 3 is 2.80 bits per heavy atom. The Balaban J connectivity index is 0.000000184. The highest BCUT2D eigenvalue weighted by Crippen LogP contribution is 2.29. The molecular formula is C30H34N2O8. The molecule has 10 heteroatoms. The number of nitrogens with zero attached hydrogens (tertiary/aromatic N) is 1. The van der Waals surface area contributed by atoms with Gasteiger partial charge in [-0.15, -0.1) is 0 Å². The van der Waals surface area contributed by atoms with Crippen molar-refractivity contribution >= 4 is 16.9 Å². The van der Waals surface area contributed by atoms with Gasteiger partial charge in [-0.1, -0.05) is 0 Å². The van der Waals surface area contributed by atoms with Crippen molar-refractivity contribution in [3.8, 4) is 23.0 Å². The number of piperidine rings is 1. The third-order valence-electron chi connectivity index (χ3n) is 7.26. The number of aromatic hydroxyl groups is 1. The number of benzene rings is 1. The second kappa shape index (κ2) is 12.4. The molecule has 2 aliphatic rings. The number of hydrogen-bond donors (Lipinski definition) is 2. The van der Waals surface area contributed by atoms with E-state index in [0.29, 0.717) is 37.1 Å². The molecule has 2 N–H and O–H groups in total. The van der Waals surface area contributed by atoms with Crippen molar-refractivity contribution in [2.24, 2.45) is 5.92 Å². The molecule has 3 aromatic heterocycles. The summed E-state index contributed by atoms with van der Waals surface area (Å²) in [6, 6.07) is 10.9. The van der Waals surface area contributed by atoms with Gasteiger partial charge in [-0.2, -0.15) is 0 Å². The molecule has 0 saturated carbocycles. The Kier molecular flexibility index (Phi) is 8.57. The molecular weight excluding hydrogens is 516 g/mol. The maximum atomic E-state index is 12.6. The molecule has 4 aromatic rings. The summed E-state index contributed by atoms with van der Waals surface area (Å²) in [6.45, 7) is 7.29. The predicted octanol–water partition coefficient (Wildman–Crippen LogP) is 4.26. The van der Waals surface area contributed by atoms with Gasteiger partial charge in [0.05, 0.1) is 37.9 Å². The van der Waals surface area contributed by atoms with Crippen LogP contribution in [0.25, 0.3) is 22.5 Å². The van der Waals surface area contributed by atoms with Crippen LogP contribution in [0.2, 0.25) is 0 Å². The van der Waals surface area contributed by atoms with Crippen LogP contribution < -0.4 is 15.7 Å². The van der Waals surface area contributed by atoms with Crippen molar-refractivity contribution in [1.82, 2.24) is 10.2 Å². The number of rotatable bonds is 5. The molecule has 1 aromatic carbocycles. The molecule has 0 aliphatic carbocycles. The van der Waals surface area contributed by atoms with Gasteiger partial charge in [0.25, 0.3) is 0 Å². The predicted molar refractivity (Wildman–Crippen MR) is 147 cm³/mol. The smallest absolute Gasteiger partial charge is 0.343 e. The fourth-order valence-corrected chi connectivity index (χ4v) is 4.97. The lowest BCUT2D eigenvalue weighted by Gasteiger charge is -2.36. The standard InChI is InChI=1S/C19H24N2O4.C11H10O4/c22-19(17-13-23-9-6-20-17)21-7-1-2-14(11-21)12-25-16-3-4-18-15(10-16)5-8-24-18;1-6-9(12)7(2)11(13)15-10(6)8-4-3-5-14-8/h3-5,8,10,14,17,20H,1-2,6-7,9,11-13H2;3-5,12H,1-2H3. The Hall–Kier alpha value is -4.02. The number of morpholine rings is 1. The van der Waals surface area contributed by atoms with E-state index in [0.717, 1.165) is 49.2 Å². The summed E-state index contributed by atoms with van der Waals surface area (Å²) >= 11 is 0. The van der Waals surface area contributed by atoms with E-state index in [2.05, 4.69) is 5.32 Å². The quantitative estimate of drug-likeness (QED) is 0.375. The number of carbonyl (C=O) groups excluding carboxylic acids is 1. The van der Waals surface area contributed by atoms with Crippen LogP contribution in [0.5, 0.6) is 11.5 Å². The second-order valence-electron chi connectivity index (χ2n) is 10.1. The van der Waals surface area contributed by atoms with Gasteiger partial charge in [-0.25, -0.2) is 4.79 Å². The number of amides is 1. The van der Waals surface area contributed by atoms with Crippen LogP contribution in [0, 0.1) is 19.8 Å². The minimum atomic E-state index is -0.551. The molecule has 2 atom stereocenters. The van der Waals surface area contributed by atoms with Crippen LogP contribution in [0.3, 0.4) is 0 Å². The molecule has 0 spiro atoms. The Morgan fingerprint density at radius 2 is 2.02 bits per heavy atom. The van der Waals surface area contributed by atoms with Crippen LogP contribution in [0.15, 0.2) is 67.0 Å². The highest BCUT2D eigenvalue weighted by Gasteiger charge is 2.30. The molecule has 0 radical (unpaired) electrons. The van der Waals surface area contributed by atoms with Crippen LogP contribution in [0.1, 0.15) is 24.0 Å². The van der Waals surface area contributed by atoms with Crippen molar-refractivity contribution in [1.29, 1.82) is 0 Å². The molecule has 2 saturated heterocycles. The number of likely N-dealkylation sites (tertiary alicyclic amines) is 1. The Bertz CT molecular complexity index is 1480. The zero-order valence-corrected chi connectivity index (χ0v) is 22.7. The van der Waals surface area contributed by atoms with Crippen molar-refractivity contribution in [2.45, 2.75) is 32.7 Å². The van der Waals surface area contributed by atoms with E-state index < -0.39 is 5.63 Å². The summed E-state index contributed by atoms with van der Waals surface area (Å²) in [5, 5.41) is 14.0. The third-order valence-corrected chi connectivity index (χ3v) is 7.26. The summed E-state index contributed by atoms with van der Waals surface area (Å²) in [6.07, 6.45) is 5.27. The van der Waals surface area contributed by atoms with Gasteiger partial charge in [-0.3, -0.25) is 4.79 Å². The highest BCUT2D eigenvalue weighted by molar-refractivity contribution is 5.82. The lowest BCUT2D eigenvalue weighted by atomic mass is 9.98. The molecule has 6 rings (SSSR count). The summed E-state index contributed by atoms with van der Waals surface area (Å²) in [7, 11) is 0. The Labute approximate surface area is 231 Å². The fourth-order valence-electron chi connectivity index (χ4n) is 4.97. The van der Waals surface area contributed by atoms with Crippen molar-refractivity contribution < 1.29 is 32.6 Å².